The number of methoxy groups -OCH3 is 1. The monoisotopic (exact) mass is 311 g/mol. The largest absolute Gasteiger partial charge is 0.469 e. The minimum absolute atomic E-state index is 0.0209. The standard InChI is InChI=1S/C14H18BrNO2/c1-16-8-7-12(14(17)18-2)13(9-16)10-3-5-11(15)6-4-10/h3-6,12-13H,7-9H2,1-2H3. The highest BCUT2D eigenvalue weighted by molar-refractivity contribution is 9.10. The molecule has 0 bridgehead atoms. The first kappa shape index (κ1) is 13.6. The maximum Gasteiger partial charge on any atom is 0.309 e. The van der Waals surface area contributed by atoms with Gasteiger partial charge in [0.25, 0.3) is 0 Å². The Bertz CT molecular complexity index is 418. The number of hydrogen-bond acceptors (Lipinski definition) is 3. The van der Waals surface area contributed by atoms with Crippen molar-refractivity contribution in [1.82, 2.24) is 4.90 Å². The Kier molecular flexibility index (Phi) is 4.40. The Morgan fingerprint density at radius 3 is 2.67 bits per heavy atom. The molecule has 1 aliphatic heterocycles. The zero-order chi connectivity index (χ0) is 13.1. The number of likely N-dealkylation sites (tertiary alicyclic amines) is 1. The molecule has 4 heteroatoms. The molecule has 1 saturated heterocycles. The van der Waals surface area contributed by atoms with Crippen LogP contribution in [0.25, 0.3) is 0 Å². The van der Waals surface area contributed by atoms with E-state index in [4.69, 9.17) is 4.74 Å². The number of hydrogen-bond donors (Lipinski definition) is 0. The number of nitrogens with zero attached hydrogens (tertiary/aromatic N) is 1. The summed E-state index contributed by atoms with van der Waals surface area (Å²) < 4.78 is 5.99. The summed E-state index contributed by atoms with van der Waals surface area (Å²) in [7, 11) is 3.57. The lowest BCUT2D eigenvalue weighted by molar-refractivity contribution is -0.147. The van der Waals surface area contributed by atoms with Crippen LogP contribution >= 0.6 is 15.9 Å². The second kappa shape index (κ2) is 5.85. The van der Waals surface area contributed by atoms with Gasteiger partial charge in [0.2, 0.25) is 0 Å². The summed E-state index contributed by atoms with van der Waals surface area (Å²) in [4.78, 5) is 14.1. The van der Waals surface area contributed by atoms with E-state index in [1.807, 2.05) is 12.1 Å². The van der Waals surface area contributed by atoms with Gasteiger partial charge >= 0.3 is 5.97 Å². The van der Waals surface area contributed by atoms with Gasteiger partial charge in [0, 0.05) is 16.9 Å². The molecule has 98 valence electrons. The van der Waals surface area contributed by atoms with Crippen LogP contribution in [0.3, 0.4) is 0 Å². The first-order valence-electron chi connectivity index (χ1n) is 6.13. The second-order valence-corrected chi connectivity index (χ2v) is 5.75. The molecule has 1 aliphatic rings. The number of piperidine rings is 1. The molecule has 0 aliphatic carbocycles. The van der Waals surface area contributed by atoms with Crippen LogP contribution in [0.5, 0.6) is 0 Å². The maximum atomic E-state index is 11.9. The molecule has 1 heterocycles. The van der Waals surface area contributed by atoms with Gasteiger partial charge in [-0.05, 0) is 37.7 Å². The fourth-order valence-electron chi connectivity index (χ4n) is 2.60. The van der Waals surface area contributed by atoms with Gasteiger partial charge < -0.3 is 9.64 Å². The number of halogens is 1. The van der Waals surface area contributed by atoms with Crippen LogP contribution < -0.4 is 0 Å². The quantitative estimate of drug-likeness (QED) is 0.786. The molecule has 0 saturated carbocycles. The maximum absolute atomic E-state index is 11.9. The van der Waals surface area contributed by atoms with Gasteiger partial charge in [-0.15, -0.1) is 0 Å². The van der Waals surface area contributed by atoms with E-state index in [9.17, 15) is 4.79 Å². The summed E-state index contributed by atoms with van der Waals surface area (Å²) in [6.45, 7) is 1.86. The van der Waals surface area contributed by atoms with Crippen molar-refractivity contribution in [1.29, 1.82) is 0 Å². The summed E-state index contributed by atoms with van der Waals surface area (Å²) >= 11 is 3.44. The molecule has 2 atom stereocenters. The van der Waals surface area contributed by atoms with Gasteiger partial charge in [0.05, 0.1) is 13.0 Å². The number of ether oxygens (including phenoxy) is 1. The SMILES string of the molecule is COC(=O)C1CCN(C)CC1c1ccc(Br)cc1. The van der Waals surface area contributed by atoms with E-state index >= 15 is 0 Å². The van der Waals surface area contributed by atoms with E-state index in [0.29, 0.717) is 0 Å². The van der Waals surface area contributed by atoms with E-state index < -0.39 is 0 Å². The van der Waals surface area contributed by atoms with Crippen LogP contribution in [-0.4, -0.2) is 38.1 Å². The molecular formula is C14H18BrNO2. The van der Waals surface area contributed by atoms with Gasteiger partial charge in [0.15, 0.2) is 0 Å². The first-order valence-corrected chi connectivity index (χ1v) is 6.93. The Morgan fingerprint density at radius 2 is 2.06 bits per heavy atom. The van der Waals surface area contributed by atoms with Crippen LogP contribution in [0.1, 0.15) is 17.9 Å². The van der Waals surface area contributed by atoms with Crippen molar-refractivity contribution in [3.05, 3.63) is 34.3 Å². The van der Waals surface area contributed by atoms with Gasteiger partial charge in [-0.1, -0.05) is 28.1 Å². The summed E-state index contributed by atoms with van der Waals surface area (Å²) in [6.07, 6.45) is 0.865. The van der Waals surface area contributed by atoms with Crippen molar-refractivity contribution in [2.45, 2.75) is 12.3 Å². The predicted molar refractivity (Wildman–Crippen MR) is 74.5 cm³/mol. The van der Waals surface area contributed by atoms with Crippen molar-refractivity contribution in [3.8, 4) is 0 Å². The molecule has 0 spiro atoms. The van der Waals surface area contributed by atoms with Crippen LogP contribution in [0.2, 0.25) is 0 Å². The molecule has 2 unspecified atom stereocenters. The highest BCUT2D eigenvalue weighted by Gasteiger charge is 2.34. The Hall–Kier alpha value is -0.870. The number of carbonyl (C=O) groups excluding carboxylic acids is 1. The second-order valence-electron chi connectivity index (χ2n) is 4.84. The van der Waals surface area contributed by atoms with E-state index in [1.165, 1.54) is 12.7 Å². The lowest BCUT2D eigenvalue weighted by atomic mass is 9.81. The number of benzene rings is 1. The molecule has 1 fully saturated rings. The molecule has 0 amide bonds. The van der Waals surface area contributed by atoms with Gasteiger partial charge in [-0.2, -0.15) is 0 Å². The Morgan fingerprint density at radius 1 is 1.39 bits per heavy atom. The number of rotatable bonds is 2. The van der Waals surface area contributed by atoms with Gasteiger partial charge in [-0.3, -0.25) is 4.79 Å². The minimum atomic E-state index is -0.0870. The van der Waals surface area contributed by atoms with E-state index in [0.717, 1.165) is 24.0 Å². The topological polar surface area (TPSA) is 29.5 Å². The van der Waals surface area contributed by atoms with E-state index in [2.05, 4.69) is 40.0 Å². The summed E-state index contributed by atoms with van der Waals surface area (Å²) in [5.41, 5.74) is 1.21. The van der Waals surface area contributed by atoms with Crippen LogP contribution in [-0.2, 0) is 9.53 Å². The molecule has 1 aromatic rings. The highest BCUT2D eigenvalue weighted by atomic mass is 79.9. The van der Waals surface area contributed by atoms with Crippen LogP contribution in [0.15, 0.2) is 28.7 Å². The molecule has 0 radical (unpaired) electrons. The van der Waals surface area contributed by atoms with Crippen molar-refractivity contribution in [2.75, 3.05) is 27.2 Å². The average molecular weight is 312 g/mol. The van der Waals surface area contributed by atoms with Crippen molar-refractivity contribution < 1.29 is 9.53 Å². The molecule has 1 aromatic carbocycles. The first-order chi connectivity index (χ1) is 8.61. The third-order valence-corrected chi connectivity index (χ3v) is 4.15. The van der Waals surface area contributed by atoms with E-state index in [1.54, 1.807) is 0 Å². The van der Waals surface area contributed by atoms with Crippen LogP contribution in [0, 0.1) is 5.92 Å². The molecule has 0 N–H and O–H groups in total. The minimum Gasteiger partial charge on any atom is -0.469 e. The Balaban J connectivity index is 2.24. The van der Waals surface area contributed by atoms with Crippen molar-refractivity contribution >= 4 is 21.9 Å². The fraction of sp³-hybridized carbons (Fsp3) is 0.500. The zero-order valence-electron chi connectivity index (χ0n) is 10.7. The summed E-state index contributed by atoms with van der Waals surface area (Å²) in [5.74, 6) is 0.118. The lowest BCUT2D eigenvalue weighted by Crippen LogP contribution is -2.40. The number of esters is 1. The van der Waals surface area contributed by atoms with Gasteiger partial charge in [-0.25, -0.2) is 0 Å². The smallest absolute Gasteiger partial charge is 0.309 e. The molecule has 0 aromatic heterocycles. The van der Waals surface area contributed by atoms with E-state index in [-0.39, 0.29) is 17.8 Å². The van der Waals surface area contributed by atoms with Crippen molar-refractivity contribution in [2.24, 2.45) is 5.92 Å². The summed E-state index contributed by atoms with van der Waals surface area (Å²) in [5, 5.41) is 0. The Labute approximate surface area is 116 Å². The number of carbonyl (C=O) groups is 1. The van der Waals surface area contributed by atoms with Crippen molar-refractivity contribution in [3.63, 3.8) is 0 Å². The lowest BCUT2D eigenvalue weighted by Gasteiger charge is -2.35. The molecule has 18 heavy (non-hydrogen) atoms. The fourth-order valence-corrected chi connectivity index (χ4v) is 2.86. The number of likely N-dealkylation sites (N-methyl/N-ethyl adjacent to an activating group) is 1. The van der Waals surface area contributed by atoms with Gasteiger partial charge in [0.1, 0.15) is 0 Å². The predicted octanol–water partition coefficient (Wildman–Crippen LogP) is 2.66. The molecule has 2 rings (SSSR count). The molecule has 3 nitrogen and oxygen atoms in total. The third-order valence-electron chi connectivity index (χ3n) is 3.62. The summed E-state index contributed by atoms with van der Waals surface area (Å²) in [6, 6.07) is 8.23. The van der Waals surface area contributed by atoms with Crippen LogP contribution in [0.4, 0.5) is 0 Å². The highest BCUT2D eigenvalue weighted by Crippen LogP contribution is 2.33. The third kappa shape index (κ3) is 2.93. The molecular weight excluding hydrogens is 294 g/mol. The zero-order valence-corrected chi connectivity index (χ0v) is 12.3. The normalized spacial score (nSPS) is 24.8. The average Bonchev–Trinajstić information content (AvgIpc) is 2.38.